The first-order valence-electron chi connectivity index (χ1n) is 7.25. The second kappa shape index (κ2) is 7.28. The average molecular weight is 385 g/mol. The monoisotopic (exact) mass is 384 g/mol. The van der Waals surface area contributed by atoms with Gasteiger partial charge in [-0.25, -0.2) is 13.1 Å². The molecule has 0 bridgehead atoms. The van der Waals surface area contributed by atoms with Crippen molar-refractivity contribution >= 4 is 27.5 Å². The van der Waals surface area contributed by atoms with Crippen molar-refractivity contribution in [2.75, 3.05) is 19.6 Å². The van der Waals surface area contributed by atoms with Crippen LogP contribution in [0.4, 0.5) is 13.2 Å². The molecule has 1 N–H and O–H groups in total. The van der Waals surface area contributed by atoms with E-state index in [1.807, 2.05) is 0 Å². The van der Waals surface area contributed by atoms with Crippen LogP contribution in [0.15, 0.2) is 23.1 Å². The number of benzene rings is 1. The lowest BCUT2D eigenvalue weighted by Crippen LogP contribution is -2.31. The number of likely N-dealkylation sites (tertiary alicyclic amines) is 1. The molecule has 0 aliphatic carbocycles. The number of halogens is 4. The Kier molecular flexibility index (Phi) is 5.77. The summed E-state index contributed by atoms with van der Waals surface area (Å²) in [7, 11) is -4.33. The van der Waals surface area contributed by atoms with Crippen LogP contribution in [0, 0.1) is 0 Å². The van der Waals surface area contributed by atoms with Gasteiger partial charge in [-0.3, -0.25) is 4.79 Å². The molecule has 0 aromatic heterocycles. The summed E-state index contributed by atoms with van der Waals surface area (Å²) >= 11 is 5.53. The highest BCUT2D eigenvalue weighted by atomic mass is 35.5. The largest absolute Gasteiger partial charge is 0.417 e. The number of rotatable bonds is 6. The van der Waals surface area contributed by atoms with E-state index in [1.165, 1.54) is 0 Å². The third-order valence-corrected chi connectivity index (χ3v) is 5.36. The first-order valence-corrected chi connectivity index (χ1v) is 9.11. The predicted octanol–water partition coefficient (Wildman–Crippen LogP) is 2.65. The van der Waals surface area contributed by atoms with E-state index < -0.39 is 26.7 Å². The fraction of sp³-hybridized carbons (Fsp3) is 0.500. The Morgan fingerprint density at radius 2 is 2.00 bits per heavy atom. The highest BCUT2D eigenvalue weighted by Crippen LogP contribution is 2.35. The molecule has 1 aliphatic heterocycles. The number of nitrogens with one attached hydrogen (secondary N) is 1. The fourth-order valence-electron chi connectivity index (χ4n) is 2.45. The molecule has 1 fully saturated rings. The summed E-state index contributed by atoms with van der Waals surface area (Å²) in [5, 5.41) is -0.200. The highest BCUT2D eigenvalue weighted by Gasteiger charge is 2.37. The normalized spacial score (nSPS) is 16.0. The van der Waals surface area contributed by atoms with E-state index in [9.17, 15) is 26.4 Å². The van der Waals surface area contributed by atoms with Gasteiger partial charge in [-0.1, -0.05) is 11.6 Å². The lowest BCUT2D eigenvalue weighted by Gasteiger charge is -2.16. The molecule has 1 aromatic carbocycles. The Hall–Kier alpha value is -1.32. The molecular formula is C14H16ClF3N2O3S. The van der Waals surface area contributed by atoms with E-state index in [2.05, 4.69) is 4.72 Å². The van der Waals surface area contributed by atoms with Crippen LogP contribution in [0.2, 0.25) is 5.02 Å². The van der Waals surface area contributed by atoms with Crippen molar-refractivity contribution in [3.05, 3.63) is 28.8 Å². The van der Waals surface area contributed by atoms with Crippen LogP contribution < -0.4 is 4.72 Å². The molecule has 1 amide bonds. The number of carbonyl (C=O) groups is 1. The molecular weight excluding hydrogens is 369 g/mol. The van der Waals surface area contributed by atoms with E-state index in [4.69, 9.17) is 11.6 Å². The molecule has 0 radical (unpaired) electrons. The van der Waals surface area contributed by atoms with Gasteiger partial charge in [0.1, 0.15) is 0 Å². The van der Waals surface area contributed by atoms with Crippen LogP contribution in [0.5, 0.6) is 0 Å². The van der Waals surface area contributed by atoms with Crippen molar-refractivity contribution in [1.82, 2.24) is 9.62 Å². The van der Waals surface area contributed by atoms with E-state index in [0.717, 1.165) is 18.6 Å². The summed E-state index contributed by atoms with van der Waals surface area (Å²) in [5.41, 5.74) is -1.31. The number of alkyl halides is 3. The van der Waals surface area contributed by atoms with Crippen LogP contribution in [-0.2, 0) is 21.0 Å². The number of nitrogens with zero attached hydrogens (tertiary/aromatic N) is 1. The smallest absolute Gasteiger partial charge is 0.343 e. The number of hydrogen-bond donors (Lipinski definition) is 1. The zero-order chi connectivity index (χ0) is 18.0. The van der Waals surface area contributed by atoms with Crippen LogP contribution in [0.1, 0.15) is 24.8 Å². The molecule has 5 nitrogen and oxygen atoms in total. The minimum absolute atomic E-state index is 0.00918. The topological polar surface area (TPSA) is 66.5 Å². The Bertz CT molecular complexity index is 722. The lowest BCUT2D eigenvalue weighted by molar-refractivity contribution is -0.139. The summed E-state index contributed by atoms with van der Waals surface area (Å²) < 4.78 is 65.4. The van der Waals surface area contributed by atoms with Crippen molar-refractivity contribution in [2.24, 2.45) is 0 Å². The number of hydrogen-bond acceptors (Lipinski definition) is 3. The third-order valence-electron chi connectivity index (χ3n) is 3.60. The van der Waals surface area contributed by atoms with Gasteiger partial charge in [0.25, 0.3) is 0 Å². The molecule has 0 unspecified atom stereocenters. The minimum atomic E-state index is -4.84. The zero-order valence-corrected chi connectivity index (χ0v) is 14.1. The van der Waals surface area contributed by atoms with E-state index in [0.29, 0.717) is 32.0 Å². The van der Waals surface area contributed by atoms with Crippen molar-refractivity contribution in [3.63, 3.8) is 0 Å². The van der Waals surface area contributed by atoms with Gasteiger partial charge in [0, 0.05) is 31.1 Å². The number of carbonyl (C=O) groups excluding carboxylic acids is 1. The second-order valence-electron chi connectivity index (χ2n) is 5.37. The van der Waals surface area contributed by atoms with E-state index in [-0.39, 0.29) is 17.5 Å². The maximum Gasteiger partial charge on any atom is 0.417 e. The molecule has 1 aromatic rings. The molecule has 0 atom stereocenters. The molecule has 10 heteroatoms. The second-order valence-corrected chi connectivity index (χ2v) is 7.55. The molecule has 1 aliphatic rings. The van der Waals surface area contributed by atoms with Gasteiger partial charge < -0.3 is 4.90 Å². The third kappa shape index (κ3) is 4.61. The maximum atomic E-state index is 13.0. The summed E-state index contributed by atoms with van der Waals surface area (Å²) in [4.78, 5) is 12.2. The number of amides is 1. The van der Waals surface area contributed by atoms with Gasteiger partial charge >= 0.3 is 6.18 Å². The molecule has 2 rings (SSSR count). The van der Waals surface area contributed by atoms with Gasteiger partial charge in [-0.05, 0) is 31.0 Å². The van der Waals surface area contributed by atoms with Gasteiger partial charge in [0.05, 0.1) is 10.5 Å². The molecule has 1 heterocycles. The van der Waals surface area contributed by atoms with Gasteiger partial charge in [0.15, 0.2) is 0 Å². The van der Waals surface area contributed by atoms with Crippen LogP contribution in [0.3, 0.4) is 0 Å². The Morgan fingerprint density at radius 1 is 1.29 bits per heavy atom. The van der Waals surface area contributed by atoms with Crippen molar-refractivity contribution in [3.8, 4) is 0 Å². The average Bonchev–Trinajstić information content (AvgIpc) is 2.88. The summed E-state index contributed by atoms with van der Waals surface area (Å²) in [6.07, 6.45) is -3.27. The predicted molar refractivity (Wildman–Crippen MR) is 82.1 cm³/mol. The van der Waals surface area contributed by atoms with Crippen molar-refractivity contribution < 1.29 is 26.4 Å². The summed E-state index contributed by atoms with van der Waals surface area (Å²) in [6.45, 7) is 0.932. The standard InChI is InChI=1S/C14H16ClF3N2O3S/c15-10-4-5-12(11(9-10)14(16,17)18)24(22,23)19-6-2-8-20-7-1-3-13(20)21/h4-5,9,19H,1-3,6-8H2. The van der Waals surface area contributed by atoms with Crippen LogP contribution in [-0.4, -0.2) is 38.9 Å². The van der Waals surface area contributed by atoms with Crippen LogP contribution >= 0.6 is 11.6 Å². The summed E-state index contributed by atoms with van der Waals surface area (Å²) in [6, 6.07) is 2.50. The first-order chi connectivity index (χ1) is 11.1. The van der Waals surface area contributed by atoms with Crippen LogP contribution in [0.25, 0.3) is 0 Å². The van der Waals surface area contributed by atoms with Gasteiger partial charge in [-0.2, -0.15) is 13.2 Å². The molecule has 1 saturated heterocycles. The Labute approximate surface area is 142 Å². The quantitative estimate of drug-likeness (QED) is 0.767. The van der Waals surface area contributed by atoms with E-state index >= 15 is 0 Å². The minimum Gasteiger partial charge on any atom is -0.343 e. The zero-order valence-electron chi connectivity index (χ0n) is 12.6. The molecule has 0 spiro atoms. The van der Waals surface area contributed by atoms with E-state index in [1.54, 1.807) is 4.90 Å². The number of sulfonamides is 1. The Morgan fingerprint density at radius 3 is 2.58 bits per heavy atom. The van der Waals surface area contributed by atoms with Crippen molar-refractivity contribution in [2.45, 2.75) is 30.3 Å². The molecule has 134 valence electrons. The van der Waals surface area contributed by atoms with Gasteiger partial charge in [-0.15, -0.1) is 0 Å². The first kappa shape index (κ1) is 19.0. The molecule has 24 heavy (non-hydrogen) atoms. The lowest BCUT2D eigenvalue weighted by atomic mass is 10.2. The molecule has 0 saturated carbocycles. The SMILES string of the molecule is O=C1CCCN1CCCNS(=O)(=O)c1ccc(Cl)cc1C(F)(F)F. The fourth-order valence-corrected chi connectivity index (χ4v) is 3.90. The highest BCUT2D eigenvalue weighted by molar-refractivity contribution is 7.89. The maximum absolute atomic E-state index is 13.0. The Balaban J connectivity index is 2.04. The summed E-state index contributed by atoms with van der Waals surface area (Å²) in [5.74, 6) is 0.00918. The van der Waals surface area contributed by atoms with Gasteiger partial charge in [0.2, 0.25) is 15.9 Å². The van der Waals surface area contributed by atoms with Crippen molar-refractivity contribution in [1.29, 1.82) is 0 Å².